The van der Waals surface area contributed by atoms with Gasteiger partial charge in [-0.15, -0.1) is 0 Å². The lowest BCUT2D eigenvalue weighted by Crippen LogP contribution is -1.97. The van der Waals surface area contributed by atoms with Crippen LogP contribution in [0.3, 0.4) is 0 Å². The lowest BCUT2D eigenvalue weighted by molar-refractivity contribution is -0.136. The van der Waals surface area contributed by atoms with Gasteiger partial charge in [-0.1, -0.05) is 21.1 Å². The van der Waals surface area contributed by atoms with Crippen molar-refractivity contribution in [3.8, 4) is 0 Å². The van der Waals surface area contributed by atoms with Crippen LogP contribution in [0.4, 0.5) is 0 Å². The number of halogens is 1. The minimum Gasteiger partial charge on any atom is -0.481 e. The molecule has 1 aromatic carbocycles. The molecule has 1 aromatic heterocycles. The van der Waals surface area contributed by atoms with E-state index >= 15 is 0 Å². The van der Waals surface area contributed by atoms with Gasteiger partial charge in [0.15, 0.2) is 5.58 Å². The van der Waals surface area contributed by atoms with Crippen LogP contribution in [-0.2, 0) is 11.2 Å². The van der Waals surface area contributed by atoms with Gasteiger partial charge in [-0.05, 0) is 24.1 Å². The predicted molar refractivity (Wildman–Crippen MR) is 57.7 cm³/mol. The van der Waals surface area contributed by atoms with Crippen LogP contribution in [0.5, 0.6) is 0 Å². The van der Waals surface area contributed by atoms with Crippen LogP contribution in [0, 0.1) is 0 Å². The van der Waals surface area contributed by atoms with Gasteiger partial charge in [-0.3, -0.25) is 4.79 Å². The number of hydrogen-bond acceptors (Lipinski definition) is 3. The Balaban J connectivity index is 2.39. The van der Waals surface area contributed by atoms with Crippen LogP contribution >= 0.6 is 15.9 Å². The van der Waals surface area contributed by atoms with Crippen molar-refractivity contribution in [3.05, 3.63) is 28.4 Å². The lowest BCUT2D eigenvalue weighted by Gasteiger charge is -2.00. The minimum atomic E-state index is -0.817. The smallest absolute Gasteiger partial charge is 0.303 e. The fraction of sp³-hybridized carbons (Fsp3) is 0.200. The van der Waals surface area contributed by atoms with Crippen molar-refractivity contribution in [2.24, 2.45) is 0 Å². The Hall–Kier alpha value is -1.36. The molecule has 0 atom stereocenters. The number of nitrogens with zero attached hydrogens (tertiary/aromatic N) is 1. The Morgan fingerprint density at radius 3 is 3.07 bits per heavy atom. The second kappa shape index (κ2) is 4.02. The van der Waals surface area contributed by atoms with Gasteiger partial charge in [-0.2, -0.15) is 0 Å². The Morgan fingerprint density at radius 2 is 2.33 bits per heavy atom. The summed E-state index contributed by atoms with van der Waals surface area (Å²) < 4.78 is 5.97. The quantitative estimate of drug-likeness (QED) is 0.931. The third-order valence-corrected chi connectivity index (χ3v) is 2.56. The molecular weight excluding hydrogens is 262 g/mol. The Kier molecular flexibility index (Phi) is 2.73. The van der Waals surface area contributed by atoms with E-state index in [0.717, 1.165) is 15.4 Å². The summed E-state index contributed by atoms with van der Waals surface area (Å²) in [6, 6.07) is 3.74. The summed E-state index contributed by atoms with van der Waals surface area (Å²) in [6.45, 7) is 0. The van der Waals surface area contributed by atoms with Crippen LogP contribution in [0.25, 0.3) is 11.0 Å². The molecule has 5 heteroatoms. The van der Waals surface area contributed by atoms with Gasteiger partial charge in [0.05, 0.1) is 6.20 Å². The summed E-state index contributed by atoms with van der Waals surface area (Å²) in [6.07, 6.45) is 2.15. The molecule has 2 aromatic rings. The van der Waals surface area contributed by atoms with Crippen LogP contribution in [-0.4, -0.2) is 16.2 Å². The van der Waals surface area contributed by atoms with E-state index in [1.54, 1.807) is 6.20 Å². The molecule has 0 fully saturated rings. The average Bonchev–Trinajstić information content (AvgIpc) is 2.61. The van der Waals surface area contributed by atoms with Gasteiger partial charge in [-0.25, -0.2) is 0 Å². The molecule has 0 aliphatic carbocycles. The molecular formula is C10H8BrNO3. The van der Waals surface area contributed by atoms with Gasteiger partial charge >= 0.3 is 5.97 Å². The number of carboxylic acid groups (broad SMARTS) is 1. The molecule has 0 spiro atoms. The zero-order valence-corrected chi connectivity index (χ0v) is 9.32. The largest absolute Gasteiger partial charge is 0.481 e. The first kappa shape index (κ1) is 10.2. The molecule has 0 amide bonds. The molecule has 0 saturated carbocycles. The van der Waals surface area contributed by atoms with Gasteiger partial charge < -0.3 is 9.63 Å². The third kappa shape index (κ3) is 2.18. The van der Waals surface area contributed by atoms with E-state index in [1.807, 2.05) is 12.1 Å². The van der Waals surface area contributed by atoms with Gasteiger partial charge in [0.1, 0.15) is 0 Å². The van der Waals surface area contributed by atoms with Crippen LogP contribution in [0.15, 0.2) is 27.3 Å². The number of aromatic nitrogens is 1. The third-order valence-electron chi connectivity index (χ3n) is 2.10. The second-order valence-corrected chi connectivity index (χ2v) is 4.12. The highest BCUT2D eigenvalue weighted by Gasteiger charge is 2.09. The molecule has 15 heavy (non-hydrogen) atoms. The number of aliphatic carboxylic acids is 1. The van der Waals surface area contributed by atoms with E-state index in [-0.39, 0.29) is 6.42 Å². The lowest BCUT2D eigenvalue weighted by atomic mass is 10.1. The number of carboxylic acids is 1. The maximum absolute atomic E-state index is 10.5. The number of hydrogen-bond donors (Lipinski definition) is 1. The molecule has 0 saturated heterocycles. The van der Waals surface area contributed by atoms with Crippen LogP contribution in [0.1, 0.15) is 12.0 Å². The highest BCUT2D eigenvalue weighted by atomic mass is 79.9. The van der Waals surface area contributed by atoms with Crippen molar-refractivity contribution in [3.63, 3.8) is 0 Å². The molecule has 0 unspecified atom stereocenters. The summed E-state index contributed by atoms with van der Waals surface area (Å²) in [7, 11) is 0. The SMILES string of the molecule is O=C(O)CCc1cc(Br)cc2cnoc12. The van der Waals surface area contributed by atoms with E-state index < -0.39 is 5.97 Å². The first-order valence-corrected chi connectivity index (χ1v) is 5.21. The number of rotatable bonds is 3. The zero-order chi connectivity index (χ0) is 10.8. The fourth-order valence-electron chi connectivity index (χ4n) is 1.44. The molecule has 0 aliphatic heterocycles. The van der Waals surface area contributed by atoms with E-state index in [9.17, 15) is 4.79 Å². The molecule has 0 aliphatic rings. The van der Waals surface area contributed by atoms with Crippen LogP contribution < -0.4 is 0 Å². The first-order chi connectivity index (χ1) is 7.16. The highest BCUT2D eigenvalue weighted by molar-refractivity contribution is 9.10. The fourth-order valence-corrected chi connectivity index (χ4v) is 1.97. The molecule has 2 rings (SSSR count). The van der Waals surface area contributed by atoms with Crippen LogP contribution in [0.2, 0.25) is 0 Å². The highest BCUT2D eigenvalue weighted by Crippen LogP contribution is 2.25. The average molecular weight is 270 g/mol. The molecule has 0 bridgehead atoms. The maximum Gasteiger partial charge on any atom is 0.303 e. The second-order valence-electron chi connectivity index (χ2n) is 3.20. The van der Waals surface area contributed by atoms with E-state index in [2.05, 4.69) is 21.1 Å². The van der Waals surface area contributed by atoms with Crippen molar-refractivity contribution in [1.82, 2.24) is 5.16 Å². The molecule has 4 nitrogen and oxygen atoms in total. The molecule has 78 valence electrons. The maximum atomic E-state index is 10.5. The summed E-state index contributed by atoms with van der Waals surface area (Å²) in [5.41, 5.74) is 1.53. The van der Waals surface area contributed by atoms with Gasteiger partial charge in [0.2, 0.25) is 0 Å². The first-order valence-electron chi connectivity index (χ1n) is 4.41. The normalized spacial score (nSPS) is 10.7. The van der Waals surface area contributed by atoms with Crippen molar-refractivity contribution in [1.29, 1.82) is 0 Å². The topological polar surface area (TPSA) is 63.3 Å². The van der Waals surface area contributed by atoms with Crippen molar-refractivity contribution in [2.75, 3.05) is 0 Å². The monoisotopic (exact) mass is 269 g/mol. The number of carbonyl (C=O) groups is 1. The standard InChI is InChI=1S/C10H8BrNO3/c11-8-3-6(1-2-9(13)14)10-7(4-8)5-12-15-10/h3-5H,1-2H2,(H,13,14). The Bertz CT molecular complexity index is 506. The van der Waals surface area contributed by atoms with E-state index in [1.165, 1.54) is 0 Å². The summed E-state index contributed by atoms with van der Waals surface area (Å²) >= 11 is 3.36. The Labute approximate surface area is 94.0 Å². The number of aryl methyl sites for hydroxylation is 1. The van der Waals surface area contributed by atoms with Gasteiger partial charge in [0, 0.05) is 16.3 Å². The van der Waals surface area contributed by atoms with Gasteiger partial charge in [0.25, 0.3) is 0 Å². The Morgan fingerprint density at radius 1 is 1.53 bits per heavy atom. The predicted octanol–water partition coefficient (Wildman–Crippen LogP) is 2.61. The summed E-state index contributed by atoms with van der Waals surface area (Å²) in [5.74, 6) is -0.817. The zero-order valence-electron chi connectivity index (χ0n) is 7.74. The van der Waals surface area contributed by atoms with E-state index in [4.69, 9.17) is 9.63 Å². The summed E-state index contributed by atoms with van der Waals surface area (Å²) in [4.78, 5) is 10.5. The number of benzene rings is 1. The van der Waals surface area contributed by atoms with Crippen molar-refractivity contribution >= 4 is 32.9 Å². The van der Waals surface area contributed by atoms with Crippen molar-refractivity contribution < 1.29 is 14.4 Å². The van der Waals surface area contributed by atoms with Crippen molar-refractivity contribution in [2.45, 2.75) is 12.8 Å². The molecule has 0 radical (unpaired) electrons. The molecule has 1 N–H and O–H groups in total. The van der Waals surface area contributed by atoms with E-state index in [0.29, 0.717) is 12.0 Å². The summed E-state index contributed by atoms with van der Waals surface area (Å²) in [5, 5.41) is 13.2. The molecule has 1 heterocycles. The minimum absolute atomic E-state index is 0.0895. The number of fused-ring (bicyclic) bond motifs is 1.